The Kier molecular flexibility index (Phi) is 4.83. The fourth-order valence-electron chi connectivity index (χ4n) is 0.495. The Balaban J connectivity index is 3.74. The zero-order valence-corrected chi connectivity index (χ0v) is 5.80. The first kappa shape index (κ1) is 8.18. The third-order valence-corrected chi connectivity index (χ3v) is 0.898. The van der Waals surface area contributed by atoms with Gasteiger partial charge in [-0.15, -0.1) is 0 Å². The van der Waals surface area contributed by atoms with Gasteiger partial charge in [-0.3, -0.25) is 0 Å². The summed E-state index contributed by atoms with van der Waals surface area (Å²) in [5, 5.41) is 0. The van der Waals surface area contributed by atoms with E-state index in [0.717, 1.165) is 0 Å². The molecule has 0 rings (SSSR count). The summed E-state index contributed by atoms with van der Waals surface area (Å²) in [5.74, 6) is 0. The lowest BCUT2D eigenvalue weighted by molar-refractivity contribution is 1.25. The molecule has 2 N–H and O–H groups in total. The van der Waals surface area contributed by atoms with E-state index in [1.807, 2.05) is 25.2 Å². The molecular formula is C8H13N. The van der Waals surface area contributed by atoms with Crippen LogP contribution in [-0.2, 0) is 0 Å². The van der Waals surface area contributed by atoms with Gasteiger partial charge in [0.05, 0.1) is 0 Å². The first-order valence-electron chi connectivity index (χ1n) is 2.97. The van der Waals surface area contributed by atoms with Crippen molar-refractivity contribution in [2.45, 2.75) is 6.92 Å². The first-order valence-corrected chi connectivity index (χ1v) is 2.97. The minimum atomic E-state index is 0.600. The molecule has 0 aliphatic heterocycles. The molecule has 0 radical (unpaired) electrons. The monoisotopic (exact) mass is 123 g/mol. The summed E-state index contributed by atoms with van der Waals surface area (Å²) in [5.41, 5.74) is 6.41. The van der Waals surface area contributed by atoms with Crippen LogP contribution in [0.25, 0.3) is 0 Å². The van der Waals surface area contributed by atoms with Gasteiger partial charge in [0, 0.05) is 6.54 Å². The Morgan fingerprint density at radius 1 is 1.67 bits per heavy atom. The predicted octanol–water partition coefficient (Wildman–Crippen LogP) is 1.63. The zero-order valence-electron chi connectivity index (χ0n) is 5.80. The number of hydrogen-bond donors (Lipinski definition) is 1. The molecule has 0 bridgehead atoms. The highest BCUT2D eigenvalue weighted by molar-refractivity contribution is 5.20. The van der Waals surface area contributed by atoms with Crippen LogP contribution < -0.4 is 5.73 Å². The largest absolute Gasteiger partial charge is 0.327 e. The molecule has 9 heavy (non-hydrogen) atoms. The molecule has 1 nitrogen and oxygen atoms in total. The fourth-order valence-corrected chi connectivity index (χ4v) is 0.495. The van der Waals surface area contributed by atoms with Crippen LogP contribution in [0.1, 0.15) is 6.92 Å². The van der Waals surface area contributed by atoms with Crippen molar-refractivity contribution < 1.29 is 0 Å². The van der Waals surface area contributed by atoms with Gasteiger partial charge in [-0.25, -0.2) is 0 Å². The fraction of sp³-hybridized carbons (Fsp3) is 0.250. The van der Waals surface area contributed by atoms with Crippen molar-refractivity contribution >= 4 is 0 Å². The average Bonchev–Trinajstić information content (AvgIpc) is 1.85. The second-order valence-corrected chi connectivity index (χ2v) is 1.78. The number of hydrogen-bond acceptors (Lipinski definition) is 1. The molecule has 0 heterocycles. The normalized spacial score (nSPS) is 12.4. The molecule has 1 heteroatoms. The molecule has 0 saturated carbocycles. The van der Waals surface area contributed by atoms with E-state index in [9.17, 15) is 0 Å². The standard InChI is InChI=1S/C8H13N/c1-3-5-8(2)6-4-7-9/h3-6H,1,7,9H2,2H3/b6-4-,8-5-. The molecule has 0 aliphatic rings. The maximum absolute atomic E-state index is 5.23. The maximum Gasteiger partial charge on any atom is 0.0110 e. The Morgan fingerprint density at radius 2 is 2.33 bits per heavy atom. The Morgan fingerprint density at radius 3 is 2.78 bits per heavy atom. The third-order valence-electron chi connectivity index (χ3n) is 0.898. The Labute approximate surface area is 56.6 Å². The molecule has 0 amide bonds. The molecule has 0 saturated heterocycles. The van der Waals surface area contributed by atoms with Gasteiger partial charge in [-0.2, -0.15) is 0 Å². The summed E-state index contributed by atoms with van der Waals surface area (Å²) >= 11 is 0. The van der Waals surface area contributed by atoms with Gasteiger partial charge in [0.1, 0.15) is 0 Å². The van der Waals surface area contributed by atoms with E-state index in [0.29, 0.717) is 6.54 Å². The summed E-state index contributed by atoms with van der Waals surface area (Å²) in [4.78, 5) is 0. The number of rotatable bonds is 3. The molecule has 0 atom stereocenters. The predicted molar refractivity (Wildman–Crippen MR) is 42.1 cm³/mol. The highest BCUT2D eigenvalue weighted by Gasteiger charge is 1.73. The van der Waals surface area contributed by atoms with Gasteiger partial charge in [0.25, 0.3) is 0 Å². The Hall–Kier alpha value is -0.820. The minimum absolute atomic E-state index is 0.600. The first-order chi connectivity index (χ1) is 4.31. The molecule has 0 aliphatic carbocycles. The van der Waals surface area contributed by atoms with Crippen LogP contribution in [0.3, 0.4) is 0 Å². The second kappa shape index (κ2) is 5.32. The van der Waals surface area contributed by atoms with Crippen molar-refractivity contribution in [3.63, 3.8) is 0 Å². The van der Waals surface area contributed by atoms with Crippen LogP contribution in [0.5, 0.6) is 0 Å². The van der Waals surface area contributed by atoms with E-state index in [1.165, 1.54) is 5.57 Å². The van der Waals surface area contributed by atoms with E-state index in [2.05, 4.69) is 6.58 Å². The molecular weight excluding hydrogens is 110 g/mol. The number of nitrogens with two attached hydrogens (primary N) is 1. The third kappa shape index (κ3) is 5.04. The van der Waals surface area contributed by atoms with Crippen LogP contribution in [0.2, 0.25) is 0 Å². The van der Waals surface area contributed by atoms with Gasteiger partial charge in [-0.05, 0) is 6.92 Å². The van der Waals surface area contributed by atoms with Gasteiger partial charge < -0.3 is 5.73 Å². The smallest absolute Gasteiger partial charge is 0.0110 e. The topological polar surface area (TPSA) is 26.0 Å². The van der Waals surface area contributed by atoms with Crippen molar-refractivity contribution in [3.8, 4) is 0 Å². The van der Waals surface area contributed by atoms with E-state index in [1.54, 1.807) is 6.08 Å². The highest BCUT2D eigenvalue weighted by atomic mass is 14.5. The van der Waals surface area contributed by atoms with Gasteiger partial charge in [0.15, 0.2) is 0 Å². The molecule has 50 valence electrons. The van der Waals surface area contributed by atoms with Crippen LogP contribution in [0.15, 0.2) is 36.5 Å². The van der Waals surface area contributed by atoms with Crippen molar-refractivity contribution in [1.29, 1.82) is 0 Å². The van der Waals surface area contributed by atoms with Crippen molar-refractivity contribution in [1.82, 2.24) is 0 Å². The van der Waals surface area contributed by atoms with Crippen LogP contribution >= 0.6 is 0 Å². The maximum atomic E-state index is 5.23. The SMILES string of the molecule is C=C/C=C(C)\C=C/CN. The number of allylic oxidation sites excluding steroid dienone is 4. The van der Waals surface area contributed by atoms with E-state index < -0.39 is 0 Å². The van der Waals surface area contributed by atoms with Crippen molar-refractivity contribution in [3.05, 3.63) is 36.5 Å². The lowest BCUT2D eigenvalue weighted by atomic mass is 10.2. The quantitative estimate of drug-likeness (QED) is 0.567. The summed E-state index contributed by atoms with van der Waals surface area (Å²) in [6.07, 6.45) is 7.58. The molecule has 0 fully saturated rings. The van der Waals surface area contributed by atoms with Gasteiger partial charge in [-0.1, -0.05) is 36.5 Å². The lowest BCUT2D eigenvalue weighted by Gasteiger charge is -1.85. The van der Waals surface area contributed by atoms with E-state index in [4.69, 9.17) is 5.73 Å². The molecule has 0 unspecified atom stereocenters. The summed E-state index contributed by atoms with van der Waals surface area (Å²) in [6.45, 7) is 6.17. The molecule has 0 aromatic heterocycles. The summed E-state index contributed by atoms with van der Waals surface area (Å²) in [7, 11) is 0. The van der Waals surface area contributed by atoms with Crippen LogP contribution in [0, 0.1) is 0 Å². The van der Waals surface area contributed by atoms with Crippen molar-refractivity contribution in [2.75, 3.05) is 6.54 Å². The molecule has 0 aromatic rings. The minimum Gasteiger partial charge on any atom is -0.327 e. The van der Waals surface area contributed by atoms with Crippen LogP contribution in [0.4, 0.5) is 0 Å². The zero-order chi connectivity index (χ0) is 7.11. The Bertz CT molecular complexity index is 132. The second-order valence-electron chi connectivity index (χ2n) is 1.78. The molecule has 0 spiro atoms. The highest BCUT2D eigenvalue weighted by Crippen LogP contribution is 1.92. The van der Waals surface area contributed by atoms with E-state index >= 15 is 0 Å². The summed E-state index contributed by atoms with van der Waals surface area (Å²) < 4.78 is 0. The lowest BCUT2D eigenvalue weighted by Crippen LogP contribution is -1.91. The van der Waals surface area contributed by atoms with Crippen LogP contribution in [-0.4, -0.2) is 6.54 Å². The van der Waals surface area contributed by atoms with Gasteiger partial charge in [0.2, 0.25) is 0 Å². The summed E-state index contributed by atoms with van der Waals surface area (Å²) in [6, 6.07) is 0. The van der Waals surface area contributed by atoms with Crippen molar-refractivity contribution in [2.24, 2.45) is 5.73 Å². The van der Waals surface area contributed by atoms with E-state index in [-0.39, 0.29) is 0 Å². The van der Waals surface area contributed by atoms with Gasteiger partial charge >= 0.3 is 0 Å². The average molecular weight is 123 g/mol. The molecule has 0 aromatic carbocycles.